The van der Waals surface area contributed by atoms with E-state index in [0.29, 0.717) is 23.2 Å². The first-order chi connectivity index (χ1) is 19.4. The molecule has 3 aliphatic heterocycles. The molecule has 0 radical (unpaired) electrons. The molecule has 1 N–H and O–H groups in total. The third-order valence-electron chi connectivity index (χ3n) is 8.54. The molecule has 4 aliphatic rings. The van der Waals surface area contributed by atoms with Gasteiger partial charge in [-0.05, 0) is 48.6 Å². The predicted octanol–water partition coefficient (Wildman–Crippen LogP) is 4.18. The van der Waals surface area contributed by atoms with Gasteiger partial charge >= 0.3 is 12.1 Å². The standard InChI is InChI=1S/C27H35FNO4S.C2HF3O2/c28-22-8-10-23(11-9-22)32-17-4-14-29-15-12-20(13-16-29)24(19-29)33-26(30)27(31,21-5-1-2-6-21)25-7-3-18-34-25;3-2(4,5)1(6)7/h3,7-11,18,20-21,24,31H,1-2,4-6,12-17,19H2;(H,6,7)/q+1;/p-1/t20?,24-,27+,29?;/m0./s1. The van der Waals surface area contributed by atoms with Crippen molar-refractivity contribution in [1.29, 1.82) is 0 Å². The van der Waals surface area contributed by atoms with Crippen LogP contribution in [0.1, 0.15) is 49.8 Å². The molecular weight excluding hydrogens is 566 g/mol. The monoisotopic (exact) mass is 601 g/mol. The number of nitrogens with zero attached hydrogens (tertiary/aromatic N) is 1. The van der Waals surface area contributed by atoms with E-state index in [2.05, 4.69) is 0 Å². The van der Waals surface area contributed by atoms with Gasteiger partial charge in [0.05, 0.1) is 26.2 Å². The second kappa shape index (κ2) is 13.1. The minimum atomic E-state index is -5.19. The van der Waals surface area contributed by atoms with E-state index in [9.17, 15) is 27.5 Å². The second-order valence-electron chi connectivity index (χ2n) is 11.1. The van der Waals surface area contributed by atoms with E-state index in [0.717, 1.165) is 75.6 Å². The molecule has 7 nitrogen and oxygen atoms in total. The van der Waals surface area contributed by atoms with Crippen LogP contribution in [0.4, 0.5) is 17.6 Å². The second-order valence-corrected chi connectivity index (χ2v) is 12.1. The molecule has 12 heteroatoms. The summed E-state index contributed by atoms with van der Waals surface area (Å²) in [4.78, 5) is 23.0. The zero-order valence-electron chi connectivity index (χ0n) is 22.6. The summed E-state index contributed by atoms with van der Waals surface area (Å²) >= 11 is 1.44. The number of thiophene rings is 1. The molecule has 2 bridgehead atoms. The molecule has 0 unspecified atom stereocenters. The number of ether oxygens (including phenoxy) is 2. The van der Waals surface area contributed by atoms with Crippen molar-refractivity contribution in [2.75, 3.05) is 32.8 Å². The highest BCUT2D eigenvalue weighted by Crippen LogP contribution is 2.44. The average Bonchev–Trinajstić information content (AvgIpc) is 3.68. The van der Waals surface area contributed by atoms with E-state index < -0.39 is 23.7 Å². The number of halogens is 4. The molecule has 2 aromatic rings. The number of fused-ring (bicyclic) bond motifs is 3. The number of aliphatic carboxylic acids is 1. The van der Waals surface area contributed by atoms with Gasteiger partial charge in [-0.15, -0.1) is 11.3 Å². The molecule has 0 amide bonds. The number of carbonyl (C=O) groups excluding carboxylic acids is 2. The van der Waals surface area contributed by atoms with Crippen LogP contribution in [0.25, 0.3) is 0 Å². The average molecular weight is 602 g/mol. The Morgan fingerprint density at radius 1 is 1.05 bits per heavy atom. The van der Waals surface area contributed by atoms with Crippen molar-refractivity contribution in [3.05, 3.63) is 52.5 Å². The smallest absolute Gasteiger partial charge is 0.430 e. The van der Waals surface area contributed by atoms with Gasteiger partial charge in [-0.25, -0.2) is 9.18 Å². The summed E-state index contributed by atoms with van der Waals surface area (Å²) in [6.45, 7) is 4.58. The van der Waals surface area contributed by atoms with Gasteiger partial charge in [-0.3, -0.25) is 0 Å². The molecule has 4 heterocycles. The van der Waals surface area contributed by atoms with Crippen LogP contribution in [0.3, 0.4) is 0 Å². The third kappa shape index (κ3) is 7.58. The van der Waals surface area contributed by atoms with Gasteiger partial charge in [0.1, 0.15) is 24.1 Å². The van der Waals surface area contributed by atoms with E-state index in [1.807, 2.05) is 17.5 Å². The summed E-state index contributed by atoms with van der Waals surface area (Å²) < 4.78 is 57.5. The lowest BCUT2D eigenvalue weighted by Crippen LogP contribution is -2.65. The fourth-order valence-electron chi connectivity index (χ4n) is 6.32. The highest BCUT2D eigenvalue weighted by Gasteiger charge is 2.53. The lowest BCUT2D eigenvalue weighted by atomic mass is 9.82. The van der Waals surface area contributed by atoms with Crippen molar-refractivity contribution in [1.82, 2.24) is 0 Å². The van der Waals surface area contributed by atoms with Gasteiger partial charge < -0.3 is 29.0 Å². The number of carboxylic acid groups (broad SMARTS) is 1. The zero-order valence-corrected chi connectivity index (χ0v) is 23.4. The summed E-state index contributed by atoms with van der Waals surface area (Å²) in [5.41, 5.74) is -1.52. The maximum absolute atomic E-state index is 13.5. The molecule has 0 spiro atoms. The Kier molecular flexibility index (Phi) is 9.97. The number of hydrogen-bond acceptors (Lipinski definition) is 7. The Labute approximate surface area is 240 Å². The maximum atomic E-state index is 13.5. The third-order valence-corrected chi connectivity index (χ3v) is 9.54. The van der Waals surface area contributed by atoms with Crippen LogP contribution < -0.4 is 9.84 Å². The molecule has 3 saturated heterocycles. The van der Waals surface area contributed by atoms with Gasteiger partial charge in [-0.2, -0.15) is 13.2 Å². The number of esters is 1. The van der Waals surface area contributed by atoms with E-state index in [1.165, 1.54) is 23.5 Å². The van der Waals surface area contributed by atoms with E-state index in [4.69, 9.17) is 19.4 Å². The van der Waals surface area contributed by atoms with Gasteiger partial charge in [0.25, 0.3) is 0 Å². The molecule has 6 rings (SSSR count). The Morgan fingerprint density at radius 3 is 2.24 bits per heavy atom. The van der Waals surface area contributed by atoms with Crippen LogP contribution in [0.2, 0.25) is 0 Å². The minimum Gasteiger partial charge on any atom is -0.542 e. The van der Waals surface area contributed by atoms with Crippen LogP contribution in [0.5, 0.6) is 5.75 Å². The van der Waals surface area contributed by atoms with Crippen molar-refractivity contribution in [2.45, 2.75) is 62.8 Å². The zero-order chi connectivity index (χ0) is 29.7. The number of quaternary nitrogens is 1. The first-order valence-electron chi connectivity index (χ1n) is 13.9. The summed E-state index contributed by atoms with van der Waals surface area (Å²) in [7, 11) is 0. The quantitative estimate of drug-likeness (QED) is 0.201. The summed E-state index contributed by atoms with van der Waals surface area (Å²) in [5.74, 6) is -2.71. The Bertz CT molecular complexity index is 1150. The first-order valence-corrected chi connectivity index (χ1v) is 14.8. The normalized spacial score (nSPS) is 25.6. The predicted molar refractivity (Wildman–Crippen MR) is 140 cm³/mol. The van der Waals surface area contributed by atoms with Crippen molar-refractivity contribution in [2.24, 2.45) is 11.8 Å². The molecule has 1 aliphatic carbocycles. The van der Waals surface area contributed by atoms with E-state index in [1.54, 1.807) is 12.1 Å². The Hall–Kier alpha value is -2.70. The summed E-state index contributed by atoms with van der Waals surface area (Å²) in [6, 6.07) is 9.90. The van der Waals surface area contributed by atoms with Gasteiger partial charge in [0.2, 0.25) is 0 Å². The number of alkyl halides is 3. The lowest BCUT2D eigenvalue weighted by Gasteiger charge is -2.52. The van der Waals surface area contributed by atoms with Crippen molar-refractivity contribution in [3.63, 3.8) is 0 Å². The topological polar surface area (TPSA) is 95.9 Å². The number of benzene rings is 1. The molecule has 4 fully saturated rings. The van der Waals surface area contributed by atoms with Crippen molar-refractivity contribution >= 4 is 23.3 Å². The number of rotatable bonds is 9. The van der Waals surface area contributed by atoms with Gasteiger partial charge in [-0.1, -0.05) is 18.9 Å². The van der Waals surface area contributed by atoms with E-state index >= 15 is 0 Å². The highest BCUT2D eigenvalue weighted by molar-refractivity contribution is 7.10. The number of piperidine rings is 3. The first kappa shape index (κ1) is 31.2. The Morgan fingerprint density at radius 2 is 1.68 bits per heavy atom. The number of carboxylic acids is 1. The summed E-state index contributed by atoms with van der Waals surface area (Å²) in [6.07, 6.45) is 1.51. The SMILES string of the molecule is O=C(O[C@H]1C[N+]2(CCCOc3ccc(F)cc3)CCC1CC2)[C@](O)(c1cccs1)C1CCCC1.O=C([O-])C(F)(F)F. The summed E-state index contributed by atoms with van der Waals surface area (Å²) in [5, 5.41) is 22.4. The molecule has 1 saturated carbocycles. The minimum absolute atomic E-state index is 0.0634. The van der Waals surface area contributed by atoms with Gasteiger partial charge in [0, 0.05) is 36.0 Å². The Balaban J connectivity index is 0.000000493. The van der Waals surface area contributed by atoms with Crippen LogP contribution in [-0.4, -0.2) is 66.6 Å². The van der Waals surface area contributed by atoms with Crippen molar-refractivity contribution < 1.29 is 51.3 Å². The molecule has 1 aromatic carbocycles. The number of aliphatic hydroxyl groups is 1. The maximum Gasteiger partial charge on any atom is 0.430 e. The molecule has 226 valence electrons. The fraction of sp³-hybridized carbons (Fsp3) is 0.586. The van der Waals surface area contributed by atoms with E-state index in [-0.39, 0.29) is 17.8 Å². The van der Waals surface area contributed by atoms with Crippen LogP contribution in [0.15, 0.2) is 41.8 Å². The lowest BCUT2D eigenvalue weighted by molar-refractivity contribution is -0.946. The molecule has 2 atom stereocenters. The van der Waals surface area contributed by atoms with Crippen LogP contribution in [0, 0.1) is 17.7 Å². The largest absolute Gasteiger partial charge is 0.542 e. The number of carbonyl (C=O) groups is 2. The molecule has 41 heavy (non-hydrogen) atoms. The molecule has 1 aromatic heterocycles. The van der Waals surface area contributed by atoms with Crippen LogP contribution in [-0.2, 0) is 19.9 Å². The fourth-order valence-corrected chi connectivity index (χ4v) is 7.22. The van der Waals surface area contributed by atoms with Crippen LogP contribution >= 0.6 is 11.3 Å². The molecular formula is C29H35F4NO6S. The highest BCUT2D eigenvalue weighted by atomic mass is 32.1. The van der Waals surface area contributed by atoms with Gasteiger partial charge in [0.15, 0.2) is 11.7 Å². The van der Waals surface area contributed by atoms with Crippen molar-refractivity contribution in [3.8, 4) is 5.75 Å². The number of hydrogen-bond donors (Lipinski definition) is 1.